The van der Waals surface area contributed by atoms with E-state index in [9.17, 15) is 39.3 Å². The molecule has 3 aromatic rings. The Labute approximate surface area is 361 Å². The summed E-state index contributed by atoms with van der Waals surface area (Å²) in [6.07, 6.45) is -10.9. The average Bonchev–Trinajstić information content (AvgIpc) is 3.23. The molecule has 15 nitrogen and oxygen atoms in total. The molecule has 3 aromatic carbocycles. The summed E-state index contributed by atoms with van der Waals surface area (Å²) < 4.78 is 46.7. The number of benzene rings is 3. The highest BCUT2D eigenvalue weighted by Crippen LogP contribution is 2.64. The second-order valence-electron chi connectivity index (χ2n) is 17.2. The third-order valence-electron chi connectivity index (χ3n) is 13.3. The average molecular weight is 858 g/mol. The van der Waals surface area contributed by atoms with Crippen molar-refractivity contribution in [2.75, 3.05) is 6.61 Å². The van der Waals surface area contributed by atoms with Gasteiger partial charge < -0.3 is 44.3 Å². The van der Waals surface area contributed by atoms with Gasteiger partial charge in [0.05, 0.1) is 38.4 Å². The quantitative estimate of drug-likeness (QED) is 0.130. The lowest BCUT2D eigenvalue weighted by Gasteiger charge is -2.67. The molecule has 2 bridgehead atoms. The molecule has 15 heteroatoms. The number of nitrogens with one attached hydrogen (secondary N) is 1. The predicted octanol–water partition coefficient (Wildman–Crippen LogP) is 3.74. The van der Waals surface area contributed by atoms with Crippen LogP contribution in [0.1, 0.15) is 89.4 Å². The molecule has 3 aliphatic carbocycles. The first-order valence-electron chi connectivity index (χ1n) is 21.3. The summed E-state index contributed by atoms with van der Waals surface area (Å²) in [7, 11) is 0. The van der Waals surface area contributed by atoms with Gasteiger partial charge >= 0.3 is 23.9 Å². The van der Waals surface area contributed by atoms with Crippen LogP contribution >= 0.6 is 0 Å². The zero-order valence-corrected chi connectivity index (χ0v) is 35.1. The van der Waals surface area contributed by atoms with Crippen LogP contribution < -0.4 is 5.32 Å². The number of carbonyl (C=O) groups is 6. The van der Waals surface area contributed by atoms with E-state index in [-0.39, 0.29) is 52.9 Å². The number of rotatable bonds is 10. The molecule has 1 aliphatic heterocycles. The molecular weight excluding hydrogens is 803 g/mol. The van der Waals surface area contributed by atoms with E-state index >= 15 is 4.79 Å². The number of carbonyl (C=O) groups excluding carboxylic acids is 6. The highest BCUT2D eigenvalue weighted by atomic mass is 16.6. The van der Waals surface area contributed by atoms with Gasteiger partial charge in [-0.25, -0.2) is 9.59 Å². The zero-order chi connectivity index (χ0) is 46.7. The summed E-state index contributed by atoms with van der Waals surface area (Å²) in [4.78, 5) is 83.8. The Hall–Kier alpha value is -5.74. The number of amides is 1. The zero-order valence-electron chi connectivity index (χ0n) is 37.1. The molecule has 0 radical (unpaired) electrons. The number of hydrogen-bond donors (Lipinski definition) is 4. The Balaban J connectivity index is 1.39. The van der Waals surface area contributed by atoms with E-state index in [4.69, 9.17) is 26.4 Å². The summed E-state index contributed by atoms with van der Waals surface area (Å²) in [5.74, 6) is -7.41. The molecule has 62 heavy (non-hydrogen) atoms. The Bertz CT molecular complexity index is 2390. The first kappa shape index (κ1) is 41.6. The van der Waals surface area contributed by atoms with Gasteiger partial charge in [-0.05, 0) is 54.8 Å². The molecular formula is C47H51NO14. The van der Waals surface area contributed by atoms with Gasteiger partial charge in [-0.3, -0.25) is 19.2 Å². The number of aliphatic hydroxyl groups excluding tert-OH is 2. The van der Waals surface area contributed by atoms with Crippen molar-refractivity contribution in [2.24, 2.45) is 16.7 Å². The third kappa shape index (κ3) is 7.29. The van der Waals surface area contributed by atoms with Crippen molar-refractivity contribution in [1.29, 1.82) is 0 Å². The molecule has 4 N–H and O–H groups in total. The van der Waals surface area contributed by atoms with Gasteiger partial charge in [-0.1, -0.05) is 80.6 Å². The maximum atomic E-state index is 15.5. The van der Waals surface area contributed by atoms with E-state index in [1.165, 1.54) is 70.2 Å². The van der Waals surface area contributed by atoms with Crippen LogP contribution in [0.2, 0.25) is 0 Å². The van der Waals surface area contributed by atoms with Crippen molar-refractivity contribution < 1.29 is 70.5 Å². The first-order valence-corrected chi connectivity index (χ1v) is 20.3. The van der Waals surface area contributed by atoms with Crippen molar-refractivity contribution in [2.45, 2.75) is 108 Å². The minimum atomic E-state index is -2.44. The second kappa shape index (κ2) is 16.5. The minimum Gasteiger partial charge on any atom is -0.456 e. The normalized spacial score (nSPS) is 32.3. The van der Waals surface area contributed by atoms with Gasteiger partial charge in [-0.2, -0.15) is 0 Å². The van der Waals surface area contributed by atoms with E-state index in [1.54, 1.807) is 36.4 Å². The fraction of sp³-hybridized carbons (Fsp3) is 0.447. The molecule has 2 saturated carbocycles. The number of hydrogen-bond acceptors (Lipinski definition) is 14. The van der Waals surface area contributed by atoms with Crippen LogP contribution in [-0.2, 0) is 42.9 Å². The number of ether oxygens (including phenoxy) is 5. The van der Waals surface area contributed by atoms with Gasteiger partial charge in [-0.15, -0.1) is 0 Å². The van der Waals surface area contributed by atoms with Crippen LogP contribution in [0.25, 0.3) is 0 Å². The lowest BCUT2D eigenvalue weighted by Crippen LogP contribution is -2.82. The summed E-state index contributed by atoms with van der Waals surface area (Å²) in [6.45, 7) is 7.80. The summed E-state index contributed by atoms with van der Waals surface area (Å²) in [6, 6.07) is 17.7. The van der Waals surface area contributed by atoms with E-state index < -0.39 is 113 Å². The number of Topliss-reactive ketones (excluding diaryl/α,β-unsaturated/α-hetero) is 1. The van der Waals surface area contributed by atoms with E-state index in [0.29, 0.717) is 0 Å². The fourth-order valence-electron chi connectivity index (χ4n) is 10.1. The maximum absolute atomic E-state index is 15.5. The Morgan fingerprint density at radius 3 is 2.06 bits per heavy atom. The van der Waals surface area contributed by atoms with Crippen molar-refractivity contribution in [3.8, 4) is 0 Å². The van der Waals surface area contributed by atoms with Crippen LogP contribution in [0.15, 0.2) is 102 Å². The molecule has 0 spiro atoms. The number of ketones is 1. The number of fused-ring (bicyclic) bond motifs is 5. The summed E-state index contributed by atoms with van der Waals surface area (Å²) in [5.41, 5.74) is -7.97. The molecule has 0 unspecified atom stereocenters. The smallest absolute Gasteiger partial charge is 0.338 e. The monoisotopic (exact) mass is 857 g/mol. The van der Waals surface area contributed by atoms with E-state index in [0.717, 1.165) is 13.8 Å². The van der Waals surface area contributed by atoms with E-state index in [2.05, 4.69) is 5.32 Å². The van der Waals surface area contributed by atoms with Crippen LogP contribution in [0, 0.1) is 16.7 Å². The SMILES string of the molecule is [3H]c1cccc([3H])c1C(=O)N[C@@H](c1ccccc1)[C@@H](O)C(=O)O[C@H]1C[C@@]2(O)[C@@H](OC(=O)c3ccccc3)[C@@H]3[C@]4(OC(C)=O)CO[C@@H]4C[C@H](O)[C@@]3(C)C(=O)[C@H](OC(C)=O)C(=C1C)C2(C)C. The lowest BCUT2D eigenvalue weighted by atomic mass is 9.44. The number of esters is 4. The van der Waals surface area contributed by atoms with Crippen molar-refractivity contribution in [3.63, 3.8) is 0 Å². The summed E-state index contributed by atoms with van der Waals surface area (Å²) in [5, 5.41) is 40.1. The third-order valence-corrected chi connectivity index (χ3v) is 13.3. The highest BCUT2D eigenvalue weighted by molar-refractivity contribution is 5.96. The predicted molar refractivity (Wildman–Crippen MR) is 218 cm³/mol. The molecule has 3 fully saturated rings. The van der Waals surface area contributed by atoms with Gasteiger partial charge in [0.15, 0.2) is 23.6 Å². The molecule has 328 valence electrons. The Kier molecular flexibility index (Phi) is 11.1. The van der Waals surface area contributed by atoms with Crippen LogP contribution in [-0.4, -0.2) is 105 Å². The molecule has 1 amide bonds. The topological polar surface area (TPSA) is 221 Å². The lowest BCUT2D eigenvalue weighted by molar-refractivity contribution is -0.346. The van der Waals surface area contributed by atoms with E-state index in [1.807, 2.05) is 0 Å². The fourth-order valence-corrected chi connectivity index (χ4v) is 10.1. The molecule has 0 aromatic heterocycles. The van der Waals surface area contributed by atoms with Gasteiger partial charge in [0.25, 0.3) is 5.91 Å². The van der Waals surface area contributed by atoms with Crippen LogP contribution in [0.3, 0.4) is 0 Å². The standard InChI is InChI=1S/C47H51NO14/c1-25-31(60-43(56)36(52)35(28-16-10-7-11-17-28)48-41(54)29-18-12-8-13-19-29)23-47(57)40(61-42(55)30-20-14-9-15-21-30)38-45(6,32(51)22-33-46(38,24-58-33)62-27(3)50)39(53)37(59-26(2)49)34(25)44(47,4)5/h7-21,31-33,35-38,40,51-52,57H,22-24H2,1-6H3,(H,48,54)/t31-,32-,33+,35-,36+,37+,38-,40-,45+,46-,47+/m0/s1/i18T,19T. The van der Waals surface area contributed by atoms with Crippen LogP contribution in [0.5, 0.6) is 0 Å². The van der Waals surface area contributed by atoms with Crippen molar-refractivity contribution in [1.82, 2.24) is 5.32 Å². The molecule has 1 saturated heterocycles. The van der Waals surface area contributed by atoms with Crippen molar-refractivity contribution in [3.05, 3.63) is 119 Å². The van der Waals surface area contributed by atoms with Gasteiger partial charge in [0.2, 0.25) is 0 Å². The highest BCUT2D eigenvalue weighted by Gasteiger charge is 2.78. The minimum absolute atomic E-state index is 0.0437. The molecule has 1 heterocycles. The summed E-state index contributed by atoms with van der Waals surface area (Å²) >= 11 is 0. The molecule has 4 aliphatic rings. The number of aliphatic hydroxyl groups is 3. The first-order chi connectivity index (χ1) is 30.1. The molecule has 7 rings (SSSR count). The largest absolute Gasteiger partial charge is 0.456 e. The second-order valence-corrected chi connectivity index (χ2v) is 17.2. The van der Waals surface area contributed by atoms with Gasteiger partial charge in [0.1, 0.15) is 23.9 Å². The maximum Gasteiger partial charge on any atom is 0.338 e. The Morgan fingerprint density at radius 2 is 1.48 bits per heavy atom. The Morgan fingerprint density at radius 1 is 0.871 bits per heavy atom. The van der Waals surface area contributed by atoms with Crippen molar-refractivity contribution >= 4 is 35.6 Å². The van der Waals surface area contributed by atoms with Crippen LogP contribution in [0.4, 0.5) is 0 Å². The van der Waals surface area contributed by atoms with Gasteiger partial charge in [0, 0.05) is 37.7 Å². The molecule has 11 atom stereocenters.